The van der Waals surface area contributed by atoms with Gasteiger partial charge in [-0.15, -0.1) is 0 Å². The van der Waals surface area contributed by atoms with Crippen molar-refractivity contribution in [3.63, 3.8) is 0 Å². The summed E-state index contributed by atoms with van der Waals surface area (Å²) in [5.41, 5.74) is 7.47. The summed E-state index contributed by atoms with van der Waals surface area (Å²) in [6.45, 7) is 2.41. The van der Waals surface area contributed by atoms with Crippen LogP contribution in [0.1, 0.15) is 18.9 Å². The van der Waals surface area contributed by atoms with Gasteiger partial charge >= 0.3 is 0 Å². The molecule has 0 aromatic heterocycles. The largest absolute Gasteiger partial charge is 0.594 e. The van der Waals surface area contributed by atoms with E-state index >= 15 is 0 Å². The number of hydrogen-bond donors (Lipinski definition) is 1. The van der Waals surface area contributed by atoms with Gasteiger partial charge in [0.2, 0.25) is 0 Å². The van der Waals surface area contributed by atoms with Crippen molar-refractivity contribution in [2.75, 3.05) is 11.6 Å². The van der Waals surface area contributed by atoms with Gasteiger partial charge in [0.15, 0.2) is 5.70 Å². The van der Waals surface area contributed by atoms with Crippen molar-refractivity contribution < 1.29 is 4.86 Å². The summed E-state index contributed by atoms with van der Waals surface area (Å²) >= 11 is 0. The van der Waals surface area contributed by atoms with Gasteiger partial charge in [-0.05, 0) is 47.4 Å². The van der Waals surface area contributed by atoms with Crippen molar-refractivity contribution in [1.82, 2.24) is 5.43 Å². The number of nitrogens with zero attached hydrogens (tertiary/aromatic N) is 4. The zero-order chi connectivity index (χ0) is 20.2. The maximum atomic E-state index is 12.8. The van der Waals surface area contributed by atoms with Crippen molar-refractivity contribution >= 4 is 22.1 Å². The van der Waals surface area contributed by atoms with Crippen LogP contribution in [-0.4, -0.2) is 11.4 Å². The number of benzene rings is 3. The molecule has 1 aliphatic heterocycles. The maximum absolute atomic E-state index is 12.8. The lowest BCUT2D eigenvalue weighted by Crippen LogP contribution is -2.31. The Balaban J connectivity index is 1.54. The summed E-state index contributed by atoms with van der Waals surface area (Å²) in [6.07, 6.45) is 1.26. The number of anilines is 1. The average Bonchev–Trinajstić information content (AvgIpc) is 3.12. The zero-order valence-corrected chi connectivity index (χ0v) is 16.2. The molecule has 0 fully saturated rings. The van der Waals surface area contributed by atoms with Gasteiger partial charge in [-0.2, -0.15) is 5.26 Å². The summed E-state index contributed by atoms with van der Waals surface area (Å²) in [5, 5.41) is 29.7. The molecule has 144 valence electrons. The second kappa shape index (κ2) is 8.03. The molecular formula is C23H21N5O. The van der Waals surface area contributed by atoms with Gasteiger partial charge in [0.1, 0.15) is 0 Å². The number of hydrogen-bond acceptors (Lipinski definition) is 5. The van der Waals surface area contributed by atoms with E-state index in [-0.39, 0.29) is 0 Å². The van der Waals surface area contributed by atoms with E-state index in [1.165, 1.54) is 0 Å². The number of nitriles is 1. The van der Waals surface area contributed by atoms with Gasteiger partial charge in [-0.25, -0.2) is 0 Å². The van der Waals surface area contributed by atoms with Crippen LogP contribution in [0.2, 0.25) is 0 Å². The lowest BCUT2D eigenvalue weighted by Gasteiger charge is -2.19. The number of nitrogens with one attached hydrogen (secondary N) is 1. The first-order valence-corrected chi connectivity index (χ1v) is 9.52. The number of hydrazine groups is 1. The second-order valence-electron chi connectivity index (χ2n) is 6.97. The fraction of sp³-hybridized carbons (Fsp3) is 0.174. The smallest absolute Gasteiger partial charge is 0.252 e. The van der Waals surface area contributed by atoms with Gasteiger partial charge in [-0.1, -0.05) is 42.5 Å². The molecule has 6 nitrogen and oxygen atoms in total. The molecular weight excluding hydrogens is 362 g/mol. The highest BCUT2D eigenvalue weighted by Gasteiger charge is 2.22. The van der Waals surface area contributed by atoms with Crippen LogP contribution in [0.3, 0.4) is 0 Å². The summed E-state index contributed by atoms with van der Waals surface area (Å²) in [4.78, 5) is 0.706. The Morgan fingerprint density at radius 2 is 1.86 bits per heavy atom. The molecule has 0 radical (unpaired) electrons. The van der Waals surface area contributed by atoms with Crippen LogP contribution < -0.4 is 10.4 Å². The molecule has 6 heteroatoms. The van der Waals surface area contributed by atoms with Crippen LogP contribution in [0.4, 0.5) is 11.4 Å². The molecule has 0 saturated heterocycles. The Morgan fingerprint density at radius 1 is 1.10 bits per heavy atom. The molecule has 1 aliphatic rings. The van der Waals surface area contributed by atoms with E-state index in [4.69, 9.17) is 5.26 Å². The zero-order valence-electron chi connectivity index (χ0n) is 16.2. The highest BCUT2D eigenvalue weighted by atomic mass is 16.5. The van der Waals surface area contributed by atoms with Gasteiger partial charge in [0.25, 0.3) is 5.69 Å². The molecule has 1 N–H and O–H groups in total. The summed E-state index contributed by atoms with van der Waals surface area (Å²) in [7, 11) is 0. The second-order valence-corrected chi connectivity index (χ2v) is 6.97. The third kappa shape index (κ3) is 3.90. The standard InChI is InChI=1S/C23H21N5O/c1-17-22(16-27(25-17)20-13-11-18(12-14-20)6-5-15-24)26-28(29)23-10-4-8-19-7-2-3-9-21(19)23/h2-4,7-14,25H,5-6,16H2,1H3. The monoisotopic (exact) mass is 383 g/mol. The minimum Gasteiger partial charge on any atom is -0.594 e. The van der Waals surface area contributed by atoms with Crippen LogP contribution in [-0.2, 0) is 6.42 Å². The number of rotatable bonds is 5. The molecule has 0 unspecified atom stereocenters. The number of aryl methyl sites for hydroxylation is 1. The van der Waals surface area contributed by atoms with Crippen molar-refractivity contribution in [2.45, 2.75) is 19.8 Å². The molecule has 1 heterocycles. The molecule has 0 aliphatic carbocycles. The quantitative estimate of drug-likeness (QED) is 0.376. The van der Waals surface area contributed by atoms with E-state index in [9.17, 15) is 5.21 Å². The van der Waals surface area contributed by atoms with E-state index in [0.717, 1.165) is 34.1 Å². The molecule has 3 aromatic carbocycles. The third-order valence-corrected chi connectivity index (χ3v) is 5.00. The van der Waals surface area contributed by atoms with Crippen LogP contribution in [0.25, 0.3) is 10.8 Å². The van der Waals surface area contributed by atoms with Crippen LogP contribution in [0, 0.1) is 16.5 Å². The maximum Gasteiger partial charge on any atom is 0.252 e. The predicted molar refractivity (Wildman–Crippen MR) is 113 cm³/mol. The molecule has 29 heavy (non-hydrogen) atoms. The van der Waals surface area contributed by atoms with Gasteiger partial charge in [0, 0.05) is 17.6 Å². The average molecular weight is 383 g/mol. The third-order valence-electron chi connectivity index (χ3n) is 5.00. The number of allylic oxidation sites excluding steroid dienone is 1. The van der Waals surface area contributed by atoms with E-state index < -0.39 is 0 Å². The highest BCUT2D eigenvalue weighted by Crippen LogP contribution is 2.27. The Morgan fingerprint density at radius 3 is 2.66 bits per heavy atom. The fourth-order valence-corrected chi connectivity index (χ4v) is 3.42. The Bertz CT molecular complexity index is 1140. The molecule has 0 bridgehead atoms. The topological polar surface area (TPSA) is 77.5 Å². The summed E-state index contributed by atoms with van der Waals surface area (Å²) in [6, 6.07) is 23.7. The molecule has 0 saturated carbocycles. The number of fused-ring (bicyclic) bond motifs is 1. The summed E-state index contributed by atoms with van der Waals surface area (Å²) < 4.78 is 0. The van der Waals surface area contributed by atoms with Crippen LogP contribution in [0.5, 0.6) is 0 Å². The molecule has 4 rings (SSSR count). The highest BCUT2D eigenvalue weighted by molar-refractivity contribution is 5.90. The molecule has 0 atom stereocenters. The first-order valence-electron chi connectivity index (χ1n) is 9.52. The van der Waals surface area contributed by atoms with Gasteiger partial charge in [-0.3, -0.25) is 5.01 Å². The number of azo groups is 1. The van der Waals surface area contributed by atoms with E-state index in [1.807, 2.05) is 72.6 Å². The van der Waals surface area contributed by atoms with Crippen LogP contribution >= 0.6 is 0 Å². The first-order chi connectivity index (χ1) is 14.2. The Kier molecular flexibility index (Phi) is 5.12. The predicted octanol–water partition coefficient (Wildman–Crippen LogP) is 5.15. The van der Waals surface area contributed by atoms with Crippen molar-refractivity contribution in [1.29, 1.82) is 5.26 Å². The molecule has 0 spiro atoms. The SMILES string of the molecule is CC1=C(N=[N+]([O-])c2cccc3ccccc23)CN(c2ccc(CCC#N)cc2)N1. The van der Waals surface area contributed by atoms with E-state index in [0.29, 0.717) is 29.2 Å². The van der Waals surface area contributed by atoms with Gasteiger partial charge < -0.3 is 10.6 Å². The van der Waals surface area contributed by atoms with E-state index in [1.54, 1.807) is 6.07 Å². The lowest BCUT2D eigenvalue weighted by atomic mass is 10.1. The lowest BCUT2D eigenvalue weighted by molar-refractivity contribution is -0.436. The minimum atomic E-state index is 0.493. The first kappa shape index (κ1) is 18.5. The van der Waals surface area contributed by atoms with E-state index in [2.05, 4.69) is 16.6 Å². The normalized spacial score (nSPS) is 14.2. The molecule has 0 amide bonds. The van der Waals surface area contributed by atoms with Crippen molar-refractivity contribution in [2.24, 2.45) is 5.11 Å². The Labute approximate surface area is 169 Å². The van der Waals surface area contributed by atoms with Gasteiger partial charge in [0.05, 0.1) is 29.4 Å². The van der Waals surface area contributed by atoms with Crippen molar-refractivity contribution in [3.8, 4) is 6.07 Å². The Hall–Kier alpha value is -3.85. The molecule has 3 aromatic rings. The summed E-state index contributed by atoms with van der Waals surface area (Å²) in [5.74, 6) is 0. The van der Waals surface area contributed by atoms with Crippen LogP contribution in [0.15, 0.2) is 83.2 Å². The minimum absolute atomic E-state index is 0.493. The fourth-order valence-electron chi connectivity index (χ4n) is 3.42. The van der Waals surface area contributed by atoms with Crippen molar-refractivity contribution in [3.05, 3.63) is 88.9 Å².